The lowest BCUT2D eigenvalue weighted by Gasteiger charge is -2.12. The van der Waals surface area contributed by atoms with E-state index in [4.69, 9.17) is 34.0 Å². The molecule has 4 N–H and O–H groups in total. The van der Waals surface area contributed by atoms with Crippen molar-refractivity contribution in [2.24, 2.45) is 5.73 Å². The SMILES string of the molecule is NC(CCC(=O)O)C(=O)Nc1c(Cl)cc(Cl)c2nsnc12. The van der Waals surface area contributed by atoms with Gasteiger partial charge in [-0.05, 0) is 12.5 Å². The van der Waals surface area contributed by atoms with Gasteiger partial charge in [0.2, 0.25) is 5.91 Å². The third-order valence-corrected chi connectivity index (χ3v) is 3.81. The number of hydrogen-bond acceptors (Lipinski definition) is 6. The number of amides is 1. The zero-order valence-corrected chi connectivity index (χ0v) is 12.8. The monoisotopic (exact) mass is 348 g/mol. The fourth-order valence-corrected chi connectivity index (χ4v) is 2.78. The Morgan fingerprint density at radius 3 is 2.67 bits per heavy atom. The number of rotatable bonds is 5. The highest BCUT2D eigenvalue weighted by molar-refractivity contribution is 7.00. The van der Waals surface area contributed by atoms with E-state index in [1.807, 2.05) is 0 Å². The van der Waals surface area contributed by atoms with Crippen LogP contribution < -0.4 is 11.1 Å². The third-order valence-electron chi connectivity index (χ3n) is 2.70. The van der Waals surface area contributed by atoms with Gasteiger partial charge in [0.15, 0.2) is 0 Å². The van der Waals surface area contributed by atoms with Gasteiger partial charge in [-0.25, -0.2) is 0 Å². The average Bonchev–Trinajstić information content (AvgIpc) is 2.90. The third kappa shape index (κ3) is 3.59. The minimum absolute atomic E-state index is 0.0187. The summed E-state index contributed by atoms with van der Waals surface area (Å²) in [6, 6.07) is 0.486. The van der Waals surface area contributed by atoms with Gasteiger partial charge < -0.3 is 16.2 Å². The van der Waals surface area contributed by atoms with Crippen molar-refractivity contribution in [1.29, 1.82) is 0 Å². The Hall–Kier alpha value is -1.48. The molecular weight excluding hydrogens is 339 g/mol. The fraction of sp³-hybridized carbons (Fsp3) is 0.273. The lowest BCUT2D eigenvalue weighted by molar-refractivity contribution is -0.137. The van der Waals surface area contributed by atoms with Crippen molar-refractivity contribution in [3.05, 3.63) is 16.1 Å². The van der Waals surface area contributed by atoms with Crippen LogP contribution in [-0.4, -0.2) is 31.8 Å². The smallest absolute Gasteiger partial charge is 0.303 e. The van der Waals surface area contributed by atoms with Crippen molar-refractivity contribution in [2.45, 2.75) is 18.9 Å². The molecule has 1 heterocycles. The van der Waals surface area contributed by atoms with Gasteiger partial charge in [-0.2, -0.15) is 8.75 Å². The van der Waals surface area contributed by atoms with Gasteiger partial charge in [0.05, 0.1) is 33.5 Å². The van der Waals surface area contributed by atoms with Crippen LogP contribution in [0.15, 0.2) is 6.07 Å². The Morgan fingerprint density at radius 2 is 2.00 bits per heavy atom. The number of anilines is 1. The molecule has 0 fully saturated rings. The second kappa shape index (κ2) is 6.52. The number of benzene rings is 1. The van der Waals surface area contributed by atoms with Gasteiger partial charge in [-0.15, -0.1) is 0 Å². The molecule has 1 unspecified atom stereocenters. The van der Waals surface area contributed by atoms with Crippen LogP contribution in [0.4, 0.5) is 5.69 Å². The van der Waals surface area contributed by atoms with Crippen molar-refractivity contribution in [3.8, 4) is 0 Å². The van der Waals surface area contributed by atoms with Crippen LogP contribution in [0, 0.1) is 0 Å². The summed E-state index contributed by atoms with van der Waals surface area (Å²) in [6.45, 7) is 0. The van der Waals surface area contributed by atoms with E-state index in [0.717, 1.165) is 11.7 Å². The van der Waals surface area contributed by atoms with E-state index in [1.54, 1.807) is 0 Å². The number of hydrogen-bond donors (Lipinski definition) is 3. The summed E-state index contributed by atoms with van der Waals surface area (Å²) in [4.78, 5) is 22.4. The first-order valence-corrected chi connectivity index (χ1v) is 7.27. The second-order valence-electron chi connectivity index (χ2n) is 4.20. The summed E-state index contributed by atoms with van der Waals surface area (Å²) in [5.74, 6) is -1.57. The zero-order chi connectivity index (χ0) is 15.6. The Bertz CT molecular complexity index is 706. The number of aromatic nitrogens is 2. The van der Waals surface area contributed by atoms with Crippen LogP contribution in [-0.2, 0) is 9.59 Å². The molecule has 2 aromatic rings. The van der Waals surface area contributed by atoms with E-state index in [0.29, 0.717) is 16.1 Å². The van der Waals surface area contributed by atoms with Crippen molar-refractivity contribution in [2.75, 3.05) is 5.32 Å². The van der Waals surface area contributed by atoms with Crippen LogP contribution in [0.3, 0.4) is 0 Å². The maximum atomic E-state index is 12.0. The van der Waals surface area contributed by atoms with Crippen LogP contribution >= 0.6 is 34.9 Å². The number of carboxylic acid groups (broad SMARTS) is 1. The molecule has 7 nitrogen and oxygen atoms in total. The fourth-order valence-electron chi connectivity index (χ4n) is 1.62. The van der Waals surface area contributed by atoms with Crippen molar-refractivity contribution >= 4 is 63.5 Å². The zero-order valence-electron chi connectivity index (χ0n) is 10.5. The van der Waals surface area contributed by atoms with Gasteiger partial charge in [0.25, 0.3) is 0 Å². The summed E-state index contributed by atoms with van der Waals surface area (Å²) in [5, 5.41) is 11.7. The first-order chi connectivity index (χ1) is 9.90. The molecule has 1 amide bonds. The van der Waals surface area contributed by atoms with Crippen molar-refractivity contribution in [3.63, 3.8) is 0 Å². The molecule has 21 heavy (non-hydrogen) atoms. The largest absolute Gasteiger partial charge is 0.481 e. The van der Waals surface area contributed by atoms with Crippen molar-refractivity contribution in [1.82, 2.24) is 8.75 Å². The quantitative estimate of drug-likeness (QED) is 0.761. The highest BCUT2D eigenvalue weighted by atomic mass is 35.5. The molecule has 0 aliphatic carbocycles. The lowest BCUT2D eigenvalue weighted by Crippen LogP contribution is -2.36. The number of nitrogens with two attached hydrogens (primary N) is 1. The number of fused-ring (bicyclic) bond motifs is 1. The normalized spacial score (nSPS) is 12.3. The standard InChI is InChI=1S/C11H10Cl2N4O3S/c12-4-3-5(13)9-10(17-21-16-9)8(4)15-11(20)6(14)1-2-7(18)19/h3,6H,1-2,14H2,(H,15,20)(H,18,19). The molecule has 1 aromatic heterocycles. The minimum Gasteiger partial charge on any atom is -0.481 e. The molecule has 0 saturated carbocycles. The molecule has 0 radical (unpaired) electrons. The van der Waals surface area contributed by atoms with Crippen LogP contribution in [0.25, 0.3) is 11.0 Å². The summed E-state index contributed by atoms with van der Waals surface area (Å²) >= 11 is 13.0. The van der Waals surface area contributed by atoms with Gasteiger partial charge in [0, 0.05) is 6.42 Å². The van der Waals surface area contributed by atoms with Gasteiger partial charge in [-0.1, -0.05) is 23.2 Å². The number of carbonyl (C=O) groups is 2. The van der Waals surface area contributed by atoms with E-state index in [9.17, 15) is 9.59 Å². The van der Waals surface area contributed by atoms with E-state index < -0.39 is 17.9 Å². The van der Waals surface area contributed by atoms with Crippen LogP contribution in [0.5, 0.6) is 0 Å². The number of carboxylic acids is 1. The predicted octanol–water partition coefficient (Wildman–Crippen LogP) is 2.13. The van der Waals surface area contributed by atoms with Gasteiger partial charge >= 0.3 is 5.97 Å². The van der Waals surface area contributed by atoms with E-state index in [-0.39, 0.29) is 23.6 Å². The maximum absolute atomic E-state index is 12.0. The molecule has 2 rings (SSSR count). The predicted molar refractivity (Wildman–Crippen MR) is 80.9 cm³/mol. The molecule has 0 bridgehead atoms. The molecule has 1 atom stereocenters. The molecule has 0 spiro atoms. The molecule has 112 valence electrons. The molecule has 0 aliphatic rings. The van der Waals surface area contributed by atoms with E-state index >= 15 is 0 Å². The molecular formula is C11H10Cl2N4O3S. The number of nitrogens with one attached hydrogen (secondary N) is 1. The number of carbonyl (C=O) groups excluding carboxylic acids is 1. The number of halogens is 2. The molecule has 0 saturated heterocycles. The van der Waals surface area contributed by atoms with Gasteiger partial charge in [-0.3, -0.25) is 9.59 Å². The highest BCUT2D eigenvalue weighted by Crippen LogP contribution is 2.35. The van der Waals surface area contributed by atoms with Gasteiger partial charge in [0.1, 0.15) is 11.0 Å². The summed E-state index contributed by atoms with van der Waals surface area (Å²) in [5.41, 5.74) is 6.70. The Labute approximate surface area is 133 Å². The number of nitrogens with zero attached hydrogens (tertiary/aromatic N) is 2. The first-order valence-electron chi connectivity index (χ1n) is 5.78. The molecule has 10 heteroatoms. The second-order valence-corrected chi connectivity index (χ2v) is 5.55. The van der Waals surface area contributed by atoms with Crippen molar-refractivity contribution < 1.29 is 14.7 Å². The highest BCUT2D eigenvalue weighted by Gasteiger charge is 2.20. The van der Waals surface area contributed by atoms with Crippen LogP contribution in [0.2, 0.25) is 10.0 Å². The molecule has 0 aliphatic heterocycles. The summed E-state index contributed by atoms with van der Waals surface area (Å²) < 4.78 is 8.05. The average molecular weight is 349 g/mol. The topological polar surface area (TPSA) is 118 Å². The van der Waals surface area contributed by atoms with E-state index in [2.05, 4.69) is 14.1 Å². The molecule has 1 aromatic carbocycles. The maximum Gasteiger partial charge on any atom is 0.303 e. The summed E-state index contributed by atoms with van der Waals surface area (Å²) in [6.07, 6.45) is -0.179. The van der Waals surface area contributed by atoms with E-state index in [1.165, 1.54) is 6.07 Å². The number of aliphatic carboxylic acids is 1. The Morgan fingerprint density at radius 1 is 1.33 bits per heavy atom. The minimum atomic E-state index is -1.02. The summed E-state index contributed by atoms with van der Waals surface area (Å²) in [7, 11) is 0. The van der Waals surface area contributed by atoms with Crippen LogP contribution in [0.1, 0.15) is 12.8 Å². The Kier molecular flexibility index (Phi) is 4.94. The Balaban J connectivity index is 2.21. The first kappa shape index (κ1) is 15.9. The lowest BCUT2D eigenvalue weighted by atomic mass is 10.1.